The number of fused-ring (bicyclic) bond motifs is 1. The minimum absolute atomic E-state index is 0.0163. The van der Waals surface area contributed by atoms with Crippen molar-refractivity contribution in [3.63, 3.8) is 0 Å². The second kappa shape index (κ2) is 11.8. The first-order chi connectivity index (χ1) is 19.4. The Morgan fingerprint density at radius 3 is 2.45 bits per heavy atom. The number of rotatable bonds is 7. The van der Waals surface area contributed by atoms with E-state index in [1.165, 1.54) is 0 Å². The van der Waals surface area contributed by atoms with Gasteiger partial charge in [-0.15, -0.1) is 0 Å². The third kappa shape index (κ3) is 5.79. The van der Waals surface area contributed by atoms with Crippen molar-refractivity contribution >= 4 is 40.6 Å². The standard InChI is InChI=1S/C29H35N7O4/c1-34-14-11-20(12-15-34)31-28(38)19-5-10-23(25(17-19)40-4)32-29-30-18-24-27(33-29)36(16-13-26(37)35(24)2)21-6-8-22(39-3)9-7-21/h5-10,17-18,20H,11-16H2,1-4H3,(H,31,38)(H,30,32,33). The maximum atomic E-state index is 12.9. The molecule has 210 valence electrons. The summed E-state index contributed by atoms with van der Waals surface area (Å²) in [5.74, 6) is 2.04. The largest absolute Gasteiger partial charge is 0.497 e. The molecule has 0 spiro atoms. The summed E-state index contributed by atoms with van der Waals surface area (Å²) in [6.45, 7) is 2.40. The number of hydrogen-bond acceptors (Lipinski definition) is 9. The second-order valence-electron chi connectivity index (χ2n) is 10.0. The van der Waals surface area contributed by atoms with E-state index < -0.39 is 0 Å². The van der Waals surface area contributed by atoms with Crippen LogP contribution in [0.2, 0.25) is 0 Å². The monoisotopic (exact) mass is 545 g/mol. The molecule has 0 unspecified atom stereocenters. The molecule has 0 saturated carbocycles. The van der Waals surface area contributed by atoms with Crippen molar-refractivity contribution < 1.29 is 19.1 Å². The first-order valence-corrected chi connectivity index (χ1v) is 13.4. The molecule has 0 aliphatic carbocycles. The number of benzene rings is 2. The average Bonchev–Trinajstić information content (AvgIpc) is 3.10. The Morgan fingerprint density at radius 1 is 1.00 bits per heavy atom. The first-order valence-electron chi connectivity index (χ1n) is 13.4. The molecular weight excluding hydrogens is 510 g/mol. The number of piperidine rings is 1. The molecule has 1 aromatic heterocycles. The van der Waals surface area contributed by atoms with Crippen LogP contribution in [0.25, 0.3) is 0 Å². The Hall–Kier alpha value is -4.38. The van der Waals surface area contributed by atoms with Crippen molar-refractivity contribution in [3.05, 3.63) is 54.2 Å². The van der Waals surface area contributed by atoms with Gasteiger partial charge in [0.05, 0.1) is 26.1 Å². The summed E-state index contributed by atoms with van der Waals surface area (Å²) in [6, 6.07) is 13.1. The zero-order valence-electron chi connectivity index (χ0n) is 23.3. The molecule has 0 atom stereocenters. The summed E-state index contributed by atoms with van der Waals surface area (Å²) < 4.78 is 10.9. The number of nitrogens with zero attached hydrogens (tertiary/aromatic N) is 5. The zero-order chi connectivity index (χ0) is 28.2. The quantitative estimate of drug-likeness (QED) is 0.460. The van der Waals surface area contributed by atoms with Gasteiger partial charge in [-0.2, -0.15) is 4.98 Å². The van der Waals surface area contributed by atoms with Crippen molar-refractivity contribution in [1.29, 1.82) is 0 Å². The number of aromatic nitrogens is 2. The van der Waals surface area contributed by atoms with Crippen molar-refractivity contribution in [1.82, 2.24) is 20.2 Å². The van der Waals surface area contributed by atoms with Crippen LogP contribution in [0.5, 0.6) is 11.5 Å². The van der Waals surface area contributed by atoms with Crippen LogP contribution in [0.4, 0.5) is 28.8 Å². The molecule has 40 heavy (non-hydrogen) atoms. The highest BCUT2D eigenvalue weighted by molar-refractivity contribution is 5.98. The van der Waals surface area contributed by atoms with Crippen LogP contribution >= 0.6 is 0 Å². The molecule has 2 N–H and O–H groups in total. The maximum Gasteiger partial charge on any atom is 0.251 e. The fourth-order valence-corrected chi connectivity index (χ4v) is 4.97. The Kier molecular flexibility index (Phi) is 8.01. The van der Waals surface area contributed by atoms with Crippen LogP contribution in [0.3, 0.4) is 0 Å². The predicted octanol–water partition coefficient (Wildman–Crippen LogP) is 3.57. The Labute approximate surface area is 234 Å². The van der Waals surface area contributed by atoms with Crippen LogP contribution in [-0.2, 0) is 4.79 Å². The third-order valence-corrected chi connectivity index (χ3v) is 7.44. The minimum Gasteiger partial charge on any atom is -0.497 e. The Morgan fingerprint density at radius 2 is 1.75 bits per heavy atom. The van der Waals surface area contributed by atoms with Gasteiger partial charge in [-0.05, 0) is 75.4 Å². The van der Waals surface area contributed by atoms with Crippen molar-refractivity contribution in [2.24, 2.45) is 0 Å². The number of ether oxygens (including phenoxy) is 2. The van der Waals surface area contributed by atoms with Gasteiger partial charge in [0, 0.05) is 37.3 Å². The second-order valence-corrected chi connectivity index (χ2v) is 10.0. The molecule has 2 aliphatic rings. The lowest BCUT2D eigenvalue weighted by molar-refractivity contribution is -0.118. The van der Waals surface area contributed by atoms with E-state index in [1.54, 1.807) is 50.6 Å². The van der Waals surface area contributed by atoms with E-state index in [-0.39, 0.29) is 17.9 Å². The predicted molar refractivity (Wildman–Crippen MR) is 154 cm³/mol. The average molecular weight is 546 g/mol. The molecule has 0 bridgehead atoms. The van der Waals surface area contributed by atoms with Gasteiger partial charge in [0.15, 0.2) is 5.82 Å². The van der Waals surface area contributed by atoms with Gasteiger partial charge in [0.1, 0.15) is 17.2 Å². The smallest absolute Gasteiger partial charge is 0.251 e. The van der Waals surface area contributed by atoms with Crippen LogP contribution in [0, 0.1) is 0 Å². The van der Waals surface area contributed by atoms with Crippen LogP contribution in [-0.4, -0.2) is 80.7 Å². The SMILES string of the molecule is COc1ccc(N2CCC(=O)N(C)c3cnc(Nc4ccc(C(=O)NC5CCN(C)CC5)cc4OC)nc32)cc1. The summed E-state index contributed by atoms with van der Waals surface area (Å²) in [6.07, 6.45) is 3.84. The molecule has 1 fully saturated rings. The van der Waals surface area contributed by atoms with Gasteiger partial charge in [-0.25, -0.2) is 4.98 Å². The van der Waals surface area contributed by atoms with Crippen molar-refractivity contribution in [2.75, 3.05) is 63.1 Å². The van der Waals surface area contributed by atoms with Gasteiger partial charge in [0.2, 0.25) is 11.9 Å². The van der Waals surface area contributed by atoms with E-state index in [9.17, 15) is 9.59 Å². The van der Waals surface area contributed by atoms with E-state index in [4.69, 9.17) is 14.5 Å². The topological polar surface area (TPSA) is 112 Å². The number of nitrogens with one attached hydrogen (secondary N) is 2. The van der Waals surface area contributed by atoms with Gasteiger partial charge in [0.25, 0.3) is 5.91 Å². The van der Waals surface area contributed by atoms with Gasteiger partial charge in [-0.1, -0.05) is 0 Å². The molecule has 1 saturated heterocycles. The van der Waals surface area contributed by atoms with Gasteiger partial charge in [-0.3, -0.25) is 9.59 Å². The molecule has 2 aromatic carbocycles. The molecule has 3 heterocycles. The number of hydrogen-bond donors (Lipinski definition) is 2. The number of methoxy groups -OCH3 is 2. The number of carbonyl (C=O) groups is 2. The lowest BCUT2D eigenvalue weighted by Crippen LogP contribution is -2.43. The van der Waals surface area contributed by atoms with E-state index >= 15 is 0 Å². The van der Waals surface area contributed by atoms with Crippen molar-refractivity contribution in [2.45, 2.75) is 25.3 Å². The van der Waals surface area contributed by atoms with E-state index in [2.05, 4.69) is 27.6 Å². The molecule has 3 aromatic rings. The molecule has 11 nitrogen and oxygen atoms in total. The zero-order valence-corrected chi connectivity index (χ0v) is 23.3. The Balaban J connectivity index is 1.39. The van der Waals surface area contributed by atoms with Crippen LogP contribution < -0.4 is 29.9 Å². The fourth-order valence-electron chi connectivity index (χ4n) is 4.97. The summed E-state index contributed by atoms with van der Waals surface area (Å²) in [7, 11) is 7.01. The molecule has 0 radical (unpaired) electrons. The Bertz CT molecular complexity index is 1370. The summed E-state index contributed by atoms with van der Waals surface area (Å²) in [5.41, 5.74) is 2.63. The number of carbonyl (C=O) groups excluding carboxylic acids is 2. The van der Waals surface area contributed by atoms with E-state index in [1.807, 2.05) is 29.2 Å². The van der Waals surface area contributed by atoms with Crippen LogP contribution in [0.15, 0.2) is 48.7 Å². The lowest BCUT2D eigenvalue weighted by atomic mass is 10.0. The molecular formula is C29H35N7O4. The van der Waals surface area contributed by atoms with E-state index in [0.717, 1.165) is 37.4 Å². The maximum absolute atomic E-state index is 12.9. The highest BCUT2D eigenvalue weighted by atomic mass is 16.5. The highest BCUT2D eigenvalue weighted by Crippen LogP contribution is 2.37. The highest BCUT2D eigenvalue weighted by Gasteiger charge is 2.27. The first kappa shape index (κ1) is 27.2. The summed E-state index contributed by atoms with van der Waals surface area (Å²) in [4.78, 5) is 40.8. The van der Waals surface area contributed by atoms with Crippen molar-refractivity contribution in [3.8, 4) is 11.5 Å². The molecule has 11 heteroatoms. The molecule has 2 aliphatic heterocycles. The number of likely N-dealkylation sites (tertiary alicyclic amines) is 1. The lowest BCUT2D eigenvalue weighted by Gasteiger charge is -2.29. The normalized spacial score (nSPS) is 16.2. The summed E-state index contributed by atoms with van der Waals surface area (Å²) in [5, 5.41) is 6.37. The van der Waals surface area contributed by atoms with Gasteiger partial charge >= 0.3 is 0 Å². The molecule has 2 amide bonds. The van der Waals surface area contributed by atoms with Gasteiger partial charge < -0.3 is 34.8 Å². The number of amides is 2. The summed E-state index contributed by atoms with van der Waals surface area (Å²) >= 11 is 0. The minimum atomic E-state index is -0.122. The van der Waals surface area contributed by atoms with E-state index in [0.29, 0.717) is 47.4 Å². The number of anilines is 5. The third-order valence-electron chi connectivity index (χ3n) is 7.44. The fraction of sp³-hybridized carbons (Fsp3) is 0.379. The molecule has 5 rings (SSSR count). The van der Waals surface area contributed by atoms with Crippen LogP contribution in [0.1, 0.15) is 29.6 Å².